The van der Waals surface area contributed by atoms with Gasteiger partial charge in [-0.1, -0.05) is 38.1 Å². The largest absolute Gasteiger partial charge is 0.480 e. The fraction of sp³-hybridized carbons (Fsp3) is 0.529. The fourth-order valence-electron chi connectivity index (χ4n) is 2.09. The molecular formula is C17H25NO4. The Bertz CT molecular complexity index is 529. The van der Waals surface area contributed by atoms with Crippen molar-refractivity contribution in [3.63, 3.8) is 0 Å². The second-order valence-electron chi connectivity index (χ2n) is 6.70. The highest BCUT2D eigenvalue weighted by Gasteiger charge is 2.35. The van der Waals surface area contributed by atoms with Gasteiger partial charge in [0.2, 0.25) is 0 Å². The van der Waals surface area contributed by atoms with Crippen LogP contribution in [0.3, 0.4) is 0 Å². The van der Waals surface area contributed by atoms with E-state index in [9.17, 15) is 14.7 Å². The van der Waals surface area contributed by atoms with Gasteiger partial charge in [-0.15, -0.1) is 0 Å². The number of benzene rings is 1. The molecule has 0 saturated carbocycles. The first-order valence-electron chi connectivity index (χ1n) is 7.34. The number of ether oxygens (including phenoxy) is 1. The number of hydrogen-bond acceptors (Lipinski definition) is 4. The second-order valence-corrected chi connectivity index (χ2v) is 6.70. The molecule has 0 heterocycles. The molecule has 0 aliphatic rings. The number of nitrogens with two attached hydrogens (primary N) is 1. The first kappa shape index (κ1) is 18.2. The van der Waals surface area contributed by atoms with E-state index < -0.39 is 29.5 Å². The molecule has 5 nitrogen and oxygen atoms in total. The van der Waals surface area contributed by atoms with Crippen LogP contribution in [0, 0.1) is 0 Å². The quantitative estimate of drug-likeness (QED) is 0.816. The van der Waals surface area contributed by atoms with E-state index in [4.69, 9.17) is 10.5 Å². The molecule has 5 heteroatoms. The van der Waals surface area contributed by atoms with Gasteiger partial charge in [-0.25, -0.2) is 0 Å². The van der Waals surface area contributed by atoms with E-state index in [2.05, 4.69) is 13.8 Å². The zero-order valence-electron chi connectivity index (χ0n) is 13.8. The van der Waals surface area contributed by atoms with Crippen LogP contribution in [0.5, 0.6) is 0 Å². The molecule has 1 aromatic carbocycles. The van der Waals surface area contributed by atoms with Crippen LogP contribution < -0.4 is 5.73 Å². The Balaban J connectivity index is 3.15. The lowest BCUT2D eigenvalue weighted by atomic mass is 9.90. The number of rotatable bonds is 5. The molecular weight excluding hydrogens is 282 g/mol. The minimum absolute atomic E-state index is 0.349. The maximum atomic E-state index is 12.4. The highest BCUT2D eigenvalue weighted by molar-refractivity contribution is 5.87. The van der Waals surface area contributed by atoms with Crippen LogP contribution in [0.4, 0.5) is 0 Å². The maximum absolute atomic E-state index is 12.4. The summed E-state index contributed by atoms with van der Waals surface area (Å²) in [7, 11) is 0. The molecule has 0 bridgehead atoms. The van der Waals surface area contributed by atoms with Gasteiger partial charge in [0.1, 0.15) is 17.6 Å². The summed E-state index contributed by atoms with van der Waals surface area (Å²) in [5.41, 5.74) is 6.66. The van der Waals surface area contributed by atoms with Crippen molar-refractivity contribution in [3.05, 3.63) is 35.4 Å². The third-order valence-corrected chi connectivity index (χ3v) is 3.27. The van der Waals surface area contributed by atoms with Crippen LogP contribution in [-0.2, 0) is 14.3 Å². The number of carboxylic acids is 1. The SMILES string of the molecule is CC(C)c1ccc(C(C(=O)OC(C)(C)C)C(N)C(=O)O)cc1. The van der Waals surface area contributed by atoms with E-state index in [0.717, 1.165) is 5.56 Å². The molecule has 0 spiro atoms. The lowest BCUT2D eigenvalue weighted by molar-refractivity contribution is -0.160. The van der Waals surface area contributed by atoms with E-state index >= 15 is 0 Å². The van der Waals surface area contributed by atoms with Crippen molar-refractivity contribution in [2.24, 2.45) is 5.73 Å². The van der Waals surface area contributed by atoms with Gasteiger partial charge in [-0.05, 0) is 37.8 Å². The van der Waals surface area contributed by atoms with E-state index in [0.29, 0.717) is 11.5 Å². The Morgan fingerprint density at radius 2 is 1.55 bits per heavy atom. The molecule has 3 N–H and O–H groups in total. The van der Waals surface area contributed by atoms with Crippen LogP contribution in [0.25, 0.3) is 0 Å². The fourth-order valence-corrected chi connectivity index (χ4v) is 2.09. The number of hydrogen-bond donors (Lipinski definition) is 2. The van der Waals surface area contributed by atoms with Crippen molar-refractivity contribution in [2.75, 3.05) is 0 Å². The van der Waals surface area contributed by atoms with Gasteiger partial charge in [0.05, 0.1) is 0 Å². The Kier molecular flexibility index (Phi) is 5.72. The van der Waals surface area contributed by atoms with Gasteiger partial charge >= 0.3 is 11.9 Å². The van der Waals surface area contributed by atoms with Crippen LogP contribution in [0.2, 0.25) is 0 Å². The van der Waals surface area contributed by atoms with Crippen LogP contribution >= 0.6 is 0 Å². The van der Waals surface area contributed by atoms with E-state index in [1.54, 1.807) is 32.9 Å². The summed E-state index contributed by atoms with van der Waals surface area (Å²) in [6, 6.07) is 5.90. The highest BCUT2D eigenvalue weighted by atomic mass is 16.6. The molecule has 1 rings (SSSR count). The monoisotopic (exact) mass is 307 g/mol. The normalized spacial score (nSPS) is 14.5. The lowest BCUT2D eigenvalue weighted by Crippen LogP contribution is -2.42. The molecule has 0 aliphatic heterocycles. The number of esters is 1. The van der Waals surface area contributed by atoms with Crippen LogP contribution in [0.1, 0.15) is 57.6 Å². The first-order chi connectivity index (χ1) is 10.0. The molecule has 22 heavy (non-hydrogen) atoms. The summed E-state index contributed by atoms with van der Waals surface area (Å²) in [6.07, 6.45) is 0. The number of aliphatic carboxylic acids is 1. The van der Waals surface area contributed by atoms with Crippen molar-refractivity contribution in [1.82, 2.24) is 0 Å². The molecule has 0 fully saturated rings. The molecule has 1 aromatic rings. The topological polar surface area (TPSA) is 89.6 Å². The van der Waals surface area contributed by atoms with Crippen molar-refractivity contribution >= 4 is 11.9 Å². The van der Waals surface area contributed by atoms with Crippen molar-refractivity contribution in [1.29, 1.82) is 0 Å². The van der Waals surface area contributed by atoms with Crippen molar-refractivity contribution in [2.45, 2.75) is 58.1 Å². The first-order valence-corrected chi connectivity index (χ1v) is 7.34. The Morgan fingerprint density at radius 3 is 1.91 bits per heavy atom. The highest BCUT2D eigenvalue weighted by Crippen LogP contribution is 2.25. The second kappa shape index (κ2) is 6.92. The maximum Gasteiger partial charge on any atom is 0.321 e. The van der Waals surface area contributed by atoms with Gasteiger partial charge in [0.15, 0.2) is 0 Å². The standard InChI is InChI=1S/C17H25NO4/c1-10(2)11-6-8-12(9-7-11)13(14(18)15(19)20)16(21)22-17(3,4)5/h6-10,13-14H,18H2,1-5H3,(H,19,20). The predicted octanol–water partition coefficient (Wildman–Crippen LogP) is 2.65. The predicted molar refractivity (Wildman–Crippen MR) is 84.7 cm³/mol. The molecule has 0 radical (unpaired) electrons. The summed E-state index contributed by atoms with van der Waals surface area (Å²) in [6.45, 7) is 9.31. The van der Waals surface area contributed by atoms with E-state index in [1.807, 2.05) is 12.1 Å². The third-order valence-electron chi connectivity index (χ3n) is 3.27. The van der Waals surface area contributed by atoms with E-state index in [-0.39, 0.29) is 0 Å². The minimum Gasteiger partial charge on any atom is -0.480 e. The average Bonchev–Trinajstić information content (AvgIpc) is 2.37. The van der Waals surface area contributed by atoms with Gasteiger partial charge < -0.3 is 15.6 Å². The summed E-state index contributed by atoms with van der Waals surface area (Å²) < 4.78 is 5.32. The van der Waals surface area contributed by atoms with Gasteiger partial charge in [-0.3, -0.25) is 9.59 Å². The summed E-state index contributed by atoms with van der Waals surface area (Å²) in [4.78, 5) is 23.6. The minimum atomic E-state index is -1.35. The molecule has 0 amide bonds. The van der Waals surface area contributed by atoms with Crippen molar-refractivity contribution < 1.29 is 19.4 Å². The molecule has 0 aromatic heterocycles. The lowest BCUT2D eigenvalue weighted by Gasteiger charge is -2.26. The molecule has 0 aliphatic carbocycles. The number of carbonyl (C=O) groups excluding carboxylic acids is 1. The van der Waals surface area contributed by atoms with Gasteiger partial charge in [0, 0.05) is 0 Å². The third kappa shape index (κ3) is 4.84. The zero-order valence-corrected chi connectivity index (χ0v) is 13.8. The van der Waals surface area contributed by atoms with Gasteiger partial charge in [-0.2, -0.15) is 0 Å². The summed E-state index contributed by atoms with van der Waals surface area (Å²) in [5.74, 6) is -2.54. The van der Waals surface area contributed by atoms with Crippen LogP contribution in [0.15, 0.2) is 24.3 Å². The van der Waals surface area contributed by atoms with E-state index in [1.165, 1.54) is 0 Å². The average molecular weight is 307 g/mol. The number of carbonyl (C=O) groups is 2. The zero-order chi connectivity index (χ0) is 17.1. The summed E-state index contributed by atoms with van der Waals surface area (Å²) >= 11 is 0. The van der Waals surface area contributed by atoms with Crippen molar-refractivity contribution in [3.8, 4) is 0 Å². The molecule has 0 saturated heterocycles. The smallest absolute Gasteiger partial charge is 0.321 e. The number of carboxylic acid groups (broad SMARTS) is 1. The molecule has 2 unspecified atom stereocenters. The molecule has 2 atom stereocenters. The Hall–Kier alpha value is -1.88. The van der Waals surface area contributed by atoms with Gasteiger partial charge in [0.25, 0.3) is 0 Å². The molecule has 122 valence electrons. The Morgan fingerprint density at radius 1 is 1.09 bits per heavy atom. The van der Waals surface area contributed by atoms with Crippen LogP contribution in [-0.4, -0.2) is 28.7 Å². The summed E-state index contributed by atoms with van der Waals surface area (Å²) in [5, 5.41) is 9.17. The Labute approximate surface area is 131 Å².